The highest BCUT2D eigenvalue weighted by Crippen LogP contribution is 2.19. The maximum atomic E-state index is 6.07. The van der Waals surface area contributed by atoms with Gasteiger partial charge in [0.25, 0.3) is 0 Å². The number of rotatable bonds is 7. The largest absolute Gasteiger partial charge is 0.378 e. The summed E-state index contributed by atoms with van der Waals surface area (Å²) in [5.74, 6) is 0.968. The summed E-state index contributed by atoms with van der Waals surface area (Å²) in [4.78, 5) is 4.13. The van der Waals surface area contributed by atoms with Crippen molar-refractivity contribution < 1.29 is 4.74 Å². The number of ether oxygens (including phenoxy) is 1. The minimum atomic E-state index is 0.582. The fourth-order valence-corrected chi connectivity index (χ4v) is 2.76. The molecule has 0 radical (unpaired) electrons. The topological polar surface area (TPSA) is 47.6 Å². The Bertz CT molecular complexity index is 502. The SMILES string of the molecule is NC1=NC=C(CCCCOCc2ccccc2Cl)CS1. The number of aliphatic imine (C=N–C) groups is 1. The average Bonchev–Trinajstić information content (AvgIpc) is 2.46. The molecule has 2 rings (SSSR count). The molecule has 0 atom stereocenters. The van der Waals surface area contributed by atoms with Gasteiger partial charge in [-0.05, 0) is 36.5 Å². The van der Waals surface area contributed by atoms with Gasteiger partial charge in [-0.25, -0.2) is 4.99 Å². The minimum absolute atomic E-state index is 0.582. The molecule has 1 aliphatic heterocycles. The van der Waals surface area contributed by atoms with E-state index in [1.807, 2.05) is 30.5 Å². The normalized spacial score (nSPS) is 14.8. The number of hydrogen-bond donors (Lipinski definition) is 1. The Hall–Kier alpha value is -0.970. The van der Waals surface area contributed by atoms with E-state index < -0.39 is 0 Å². The molecule has 0 fully saturated rings. The lowest BCUT2D eigenvalue weighted by Crippen LogP contribution is -2.10. The lowest BCUT2D eigenvalue weighted by atomic mass is 10.1. The van der Waals surface area contributed by atoms with Crippen LogP contribution >= 0.6 is 23.4 Å². The van der Waals surface area contributed by atoms with E-state index in [4.69, 9.17) is 22.1 Å². The first-order valence-electron chi connectivity index (χ1n) is 6.71. The maximum absolute atomic E-state index is 6.07. The molecule has 3 nitrogen and oxygen atoms in total. The highest BCUT2D eigenvalue weighted by Gasteiger charge is 2.05. The van der Waals surface area contributed by atoms with Crippen molar-refractivity contribution in [2.45, 2.75) is 25.9 Å². The second-order valence-electron chi connectivity index (χ2n) is 4.64. The molecule has 5 heteroatoms. The summed E-state index contributed by atoms with van der Waals surface area (Å²) in [6.07, 6.45) is 5.13. The van der Waals surface area contributed by atoms with Gasteiger partial charge in [0.05, 0.1) is 6.61 Å². The number of amidine groups is 1. The van der Waals surface area contributed by atoms with Crippen molar-refractivity contribution in [3.8, 4) is 0 Å². The van der Waals surface area contributed by atoms with E-state index in [1.165, 1.54) is 5.57 Å². The van der Waals surface area contributed by atoms with Crippen LogP contribution in [0.1, 0.15) is 24.8 Å². The molecule has 108 valence electrons. The fourth-order valence-electron chi connectivity index (χ4n) is 1.89. The van der Waals surface area contributed by atoms with Crippen molar-refractivity contribution in [3.63, 3.8) is 0 Å². The number of halogens is 1. The monoisotopic (exact) mass is 310 g/mol. The van der Waals surface area contributed by atoms with Gasteiger partial charge in [-0.1, -0.05) is 41.6 Å². The van der Waals surface area contributed by atoms with E-state index in [-0.39, 0.29) is 0 Å². The van der Waals surface area contributed by atoms with Gasteiger partial charge in [-0.15, -0.1) is 0 Å². The highest BCUT2D eigenvalue weighted by atomic mass is 35.5. The van der Waals surface area contributed by atoms with Gasteiger partial charge < -0.3 is 10.5 Å². The van der Waals surface area contributed by atoms with Crippen LogP contribution in [0.15, 0.2) is 41.0 Å². The van der Waals surface area contributed by atoms with E-state index >= 15 is 0 Å². The third kappa shape index (κ3) is 5.19. The van der Waals surface area contributed by atoms with Crippen molar-refractivity contribution in [1.82, 2.24) is 0 Å². The van der Waals surface area contributed by atoms with Crippen LogP contribution in [0, 0.1) is 0 Å². The Morgan fingerprint density at radius 1 is 1.30 bits per heavy atom. The summed E-state index contributed by atoms with van der Waals surface area (Å²) in [5.41, 5.74) is 8.00. The molecule has 0 aromatic heterocycles. The van der Waals surface area contributed by atoms with Crippen LogP contribution in [-0.4, -0.2) is 17.5 Å². The second kappa shape index (κ2) is 8.35. The van der Waals surface area contributed by atoms with E-state index in [1.54, 1.807) is 11.8 Å². The Balaban J connectivity index is 1.57. The van der Waals surface area contributed by atoms with Gasteiger partial charge in [0.1, 0.15) is 0 Å². The molecule has 1 aliphatic rings. The Labute approximate surface area is 129 Å². The second-order valence-corrected chi connectivity index (χ2v) is 6.05. The highest BCUT2D eigenvalue weighted by molar-refractivity contribution is 8.14. The lowest BCUT2D eigenvalue weighted by molar-refractivity contribution is 0.117. The van der Waals surface area contributed by atoms with E-state index in [2.05, 4.69) is 4.99 Å². The van der Waals surface area contributed by atoms with Crippen LogP contribution in [0.4, 0.5) is 0 Å². The molecule has 1 aromatic carbocycles. The van der Waals surface area contributed by atoms with Crippen molar-refractivity contribution >= 4 is 28.5 Å². The first-order valence-corrected chi connectivity index (χ1v) is 8.07. The van der Waals surface area contributed by atoms with Crippen LogP contribution < -0.4 is 5.73 Å². The van der Waals surface area contributed by atoms with Gasteiger partial charge >= 0.3 is 0 Å². The van der Waals surface area contributed by atoms with Gasteiger partial charge in [0.2, 0.25) is 0 Å². The van der Waals surface area contributed by atoms with E-state index in [9.17, 15) is 0 Å². The number of benzene rings is 1. The van der Waals surface area contributed by atoms with Crippen LogP contribution in [0.5, 0.6) is 0 Å². The van der Waals surface area contributed by atoms with Gasteiger partial charge in [-0.2, -0.15) is 0 Å². The minimum Gasteiger partial charge on any atom is -0.378 e. The summed E-state index contributed by atoms with van der Waals surface area (Å²) in [7, 11) is 0. The molecule has 0 aliphatic carbocycles. The fraction of sp³-hybridized carbons (Fsp3) is 0.400. The summed E-state index contributed by atoms with van der Waals surface area (Å²) in [5, 5.41) is 1.43. The van der Waals surface area contributed by atoms with Crippen LogP contribution in [0.2, 0.25) is 5.02 Å². The molecule has 1 heterocycles. The number of nitrogens with two attached hydrogens (primary N) is 1. The van der Waals surface area contributed by atoms with Crippen LogP contribution in [-0.2, 0) is 11.3 Å². The van der Waals surface area contributed by atoms with Crippen LogP contribution in [0.3, 0.4) is 0 Å². The number of thioether (sulfide) groups is 1. The molecule has 0 bridgehead atoms. The van der Waals surface area contributed by atoms with Gasteiger partial charge in [0, 0.05) is 23.6 Å². The number of unbranched alkanes of at least 4 members (excludes halogenated alkanes) is 1. The zero-order chi connectivity index (χ0) is 14.2. The van der Waals surface area contributed by atoms with E-state index in [0.717, 1.165) is 42.2 Å². The van der Waals surface area contributed by atoms with Crippen molar-refractivity contribution in [1.29, 1.82) is 0 Å². The standard InChI is InChI=1S/C15H19ClN2OS/c16-14-7-2-1-6-13(14)10-19-8-4-3-5-12-9-18-15(17)20-11-12/h1-2,6-7,9H,3-5,8,10-11H2,(H2,17,18). The molecule has 20 heavy (non-hydrogen) atoms. The molecular formula is C15H19ClN2OS. The van der Waals surface area contributed by atoms with Gasteiger partial charge in [-0.3, -0.25) is 0 Å². The summed E-state index contributed by atoms with van der Waals surface area (Å²) < 4.78 is 5.65. The Morgan fingerprint density at radius 2 is 2.15 bits per heavy atom. The first-order chi connectivity index (χ1) is 9.75. The summed E-state index contributed by atoms with van der Waals surface area (Å²) >= 11 is 7.67. The van der Waals surface area contributed by atoms with Crippen molar-refractivity contribution in [2.75, 3.05) is 12.4 Å². The van der Waals surface area contributed by atoms with Crippen LogP contribution in [0.25, 0.3) is 0 Å². The molecule has 0 amide bonds. The third-order valence-corrected chi connectivity index (χ3v) is 4.32. The van der Waals surface area contributed by atoms with Crippen molar-refractivity contribution in [3.05, 3.63) is 46.6 Å². The molecule has 1 aromatic rings. The predicted molar refractivity (Wildman–Crippen MR) is 87.1 cm³/mol. The van der Waals surface area contributed by atoms with Gasteiger partial charge in [0.15, 0.2) is 5.17 Å². The zero-order valence-corrected chi connectivity index (χ0v) is 12.9. The quantitative estimate of drug-likeness (QED) is 0.775. The Kier molecular flexibility index (Phi) is 6.43. The molecule has 0 saturated carbocycles. The zero-order valence-electron chi connectivity index (χ0n) is 11.3. The molecule has 0 saturated heterocycles. The molecular weight excluding hydrogens is 292 g/mol. The predicted octanol–water partition coefficient (Wildman–Crippen LogP) is 3.97. The Morgan fingerprint density at radius 3 is 2.90 bits per heavy atom. The first kappa shape index (κ1) is 15.4. The number of nitrogens with zero attached hydrogens (tertiary/aromatic N) is 1. The molecule has 0 spiro atoms. The lowest BCUT2D eigenvalue weighted by Gasteiger charge is -2.10. The number of hydrogen-bond acceptors (Lipinski definition) is 4. The summed E-state index contributed by atoms with van der Waals surface area (Å²) in [6.45, 7) is 1.34. The summed E-state index contributed by atoms with van der Waals surface area (Å²) in [6, 6.07) is 7.79. The third-order valence-electron chi connectivity index (χ3n) is 3.03. The maximum Gasteiger partial charge on any atom is 0.158 e. The van der Waals surface area contributed by atoms with E-state index in [0.29, 0.717) is 11.8 Å². The molecule has 0 unspecified atom stereocenters. The smallest absolute Gasteiger partial charge is 0.158 e. The molecule has 2 N–H and O–H groups in total. The van der Waals surface area contributed by atoms with Crippen molar-refractivity contribution in [2.24, 2.45) is 10.7 Å². The average molecular weight is 311 g/mol.